The lowest BCUT2D eigenvalue weighted by atomic mass is 10.4. The maximum Gasteiger partial charge on any atom is 0.311 e. The topological polar surface area (TPSA) is 77.3 Å². The zero-order valence-corrected chi connectivity index (χ0v) is 9.33. The van der Waals surface area contributed by atoms with E-state index in [1.165, 1.54) is 24.3 Å². The highest BCUT2D eigenvalue weighted by Crippen LogP contribution is 2.18. The van der Waals surface area contributed by atoms with Crippen molar-refractivity contribution in [2.75, 3.05) is 0 Å². The van der Waals surface area contributed by atoms with Gasteiger partial charge in [-0.25, -0.2) is 8.42 Å². The first-order valence-corrected chi connectivity index (χ1v) is 5.91. The van der Waals surface area contributed by atoms with Gasteiger partial charge in [-0.15, -0.1) is 0 Å². The van der Waals surface area contributed by atoms with Crippen LogP contribution in [0.15, 0.2) is 29.2 Å². The van der Waals surface area contributed by atoms with Crippen molar-refractivity contribution in [2.24, 2.45) is 0 Å². The molecule has 15 heavy (non-hydrogen) atoms. The molecule has 0 N–H and O–H groups in total. The molecule has 7 heteroatoms. The van der Waals surface area contributed by atoms with Crippen LogP contribution in [-0.4, -0.2) is 18.7 Å². The highest BCUT2D eigenvalue weighted by molar-refractivity contribution is 7.91. The molecule has 0 spiro atoms. The van der Waals surface area contributed by atoms with E-state index in [4.69, 9.17) is 11.6 Å². The number of benzene rings is 1. The number of hydrogen-bond acceptors (Lipinski definition) is 4. The molecule has 0 unspecified atom stereocenters. The van der Waals surface area contributed by atoms with Crippen molar-refractivity contribution < 1.29 is 13.3 Å². The molecule has 0 heterocycles. The molecule has 0 saturated carbocycles. The van der Waals surface area contributed by atoms with Crippen LogP contribution in [0.3, 0.4) is 0 Å². The minimum absolute atomic E-state index is 0.101. The van der Waals surface area contributed by atoms with Gasteiger partial charge in [-0.2, -0.15) is 0 Å². The molecule has 0 aliphatic heterocycles. The monoisotopic (exact) mass is 249 g/mol. The number of sulfone groups is 1. The molecule has 1 atom stereocenters. The van der Waals surface area contributed by atoms with Gasteiger partial charge in [-0.1, -0.05) is 11.6 Å². The Morgan fingerprint density at radius 1 is 1.33 bits per heavy atom. The minimum atomic E-state index is -3.91. The summed E-state index contributed by atoms with van der Waals surface area (Å²) in [5.74, 6) is 0. The van der Waals surface area contributed by atoms with Gasteiger partial charge in [0, 0.05) is 16.9 Å². The van der Waals surface area contributed by atoms with Crippen LogP contribution in [0.2, 0.25) is 5.02 Å². The standard InChI is InChI=1S/C8H8ClNO4S/c1-6(10(11)12)15(13,14)8-4-2-7(9)3-5-8/h2-6H,1H3/t6-/m0/s1. The van der Waals surface area contributed by atoms with E-state index in [1.54, 1.807) is 0 Å². The third-order valence-corrected chi connectivity index (χ3v) is 4.14. The SMILES string of the molecule is C[C@@H]([N+](=O)[O-])S(=O)(=O)c1ccc(Cl)cc1. The fourth-order valence-electron chi connectivity index (χ4n) is 0.935. The summed E-state index contributed by atoms with van der Waals surface area (Å²) in [4.78, 5) is 9.44. The van der Waals surface area contributed by atoms with Crippen LogP contribution in [0.1, 0.15) is 6.92 Å². The fourth-order valence-corrected chi connectivity index (χ4v) is 2.20. The molecule has 1 rings (SSSR count). The van der Waals surface area contributed by atoms with Gasteiger partial charge in [-0.05, 0) is 24.3 Å². The predicted molar refractivity (Wildman–Crippen MR) is 55.1 cm³/mol. The van der Waals surface area contributed by atoms with E-state index in [1.807, 2.05) is 0 Å². The Bertz CT molecular complexity index is 468. The molecule has 82 valence electrons. The smallest absolute Gasteiger partial charge is 0.263 e. The van der Waals surface area contributed by atoms with E-state index in [0.717, 1.165) is 6.92 Å². The summed E-state index contributed by atoms with van der Waals surface area (Å²) in [5, 5.41) is 9.11. The van der Waals surface area contributed by atoms with Crippen molar-refractivity contribution in [2.45, 2.75) is 17.2 Å². The Labute approximate surface area is 91.7 Å². The Morgan fingerprint density at radius 3 is 2.20 bits per heavy atom. The summed E-state index contributed by atoms with van der Waals surface area (Å²) < 4.78 is 23.2. The van der Waals surface area contributed by atoms with E-state index < -0.39 is 20.1 Å². The van der Waals surface area contributed by atoms with Crippen LogP contribution >= 0.6 is 11.6 Å². The highest BCUT2D eigenvalue weighted by Gasteiger charge is 2.32. The maximum atomic E-state index is 11.6. The Kier molecular flexibility index (Phi) is 3.31. The number of hydrogen-bond donors (Lipinski definition) is 0. The zero-order chi connectivity index (χ0) is 11.6. The minimum Gasteiger partial charge on any atom is -0.263 e. The van der Waals surface area contributed by atoms with Crippen molar-refractivity contribution in [1.82, 2.24) is 0 Å². The van der Waals surface area contributed by atoms with Gasteiger partial charge in [0.25, 0.3) is 0 Å². The summed E-state index contributed by atoms with van der Waals surface area (Å²) in [5.41, 5.74) is 0. The van der Waals surface area contributed by atoms with Gasteiger partial charge in [0.1, 0.15) is 0 Å². The van der Waals surface area contributed by atoms with Gasteiger partial charge in [-0.3, -0.25) is 10.1 Å². The quantitative estimate of drug-likeness (QED) is 0.604. The fraction of sp³-hybridized carbons (Fsp3) is 0.250. The van der Waals surface area contributed by atoms with Crippen LogP contribution in [0.5, 0.6) is 0 Å². The molecule has 5 nitrogen and oxygen atoms in total. The lowest BCUT2D eigenvalue weighted by Crippen LogP contribution is -2.26. The molecule has 0 fully saturated rings. The molecule has 1 aromatic rings. The van der Waals surface area contributed by atoms with Crippen LogP contribution in [0, 0.1) is 10.1 Å². The molecule has 0 aromatic heterocycles. The maximum absolute atomic E-state index is 11.6. The second-order valence-electron chi connectivity index (χ2n) is 2.88. The van der Waals surface area contributed by atoms with Crippen LogP contribution in [0.25, 0.3) is 0 Å². The molecule has 1 aromatic carbocycles. The average molecular weight is 250 g/mol. The van der Waals surface area contributed by atoms with Crippen molar-refractivity contribution in [3.8, 4) is 0 Å². The van der Waals surface area contributed by atoms with E-state index in [9.17, 15) is 18.5 Å². The summed E-state index contributed by atoms with van der Waals surface area (Å²) in [6, 6.07) is 5.25. The normalized spacial score (nSPS) is 13.5. The molecule has 0 aliphatic carbocycles. The Hall–Kier alpha value is -1.14. The van der Waals surface area contributed by atoms with Crippen molar-refractivity contribution in [3.63, 3.8) is 0 Å². The van der Waals surface area contributed by atoms with Crippen LogP contribution in [-0.2, 0) is 9.84 Å². The first-order valence-electron chi connectivity index (χ1n) is 3.98. The van der Waals surface area contributed by atoms with Crippen molar-refractivity contribution >= 4 is 21.4 Å². The summed E-state index contributed by atoms with van der Waals surface area (Å²) >= 11 is 5.58. The van der Waals surface area contributed by atoms with Gasteiger partial charge < -0.3 is 0 Å². The van der Waals surface area contributed by atoms with E-state index in [-0.39, 0.29) is 4.90 Å². The number of nitrogens with zero attached hydrogens (tertiary/aromatic N) is 1. The summed E-state index contributed by atoms with van der Waals surface area (Å²) in [6.45, 7) is 1.03. The average Bonchev–Trinajstić information content (AvgIpc) is 2.17. The zero-order valence-electron chi connectivity index (χ0n) is 7.75. The number of rotatable bonds is 3. The molecule has 0 aliphatic rings. The molecule has 0 amide bonds. The number of halogens is 1. The lowest BCUT2D eigenvalue weighted by molar-refractivity contribution is -0.493. The summed E-state index contributed by atoms with van der Waals surface area (Å²) in [6.07, 6.45) is 0. The van der Waals surface area contributed by atoms with Crippen LogP contribution < -0.4 is 0 Å². The first-order chi connectivity index (χ1) is 6.85. The largest absolute Gasteiger partial charge is 0.311 e. The van der Waals surface area contributed by atoms with Gasteiger partial charge in [0.2, 0.25) is 9.84 Å². The van der Waals surface area contributed by atoms with Gasteiger partial charge >= 0.3 is 5.37 Å². The molecule has 0 radical (unpaired) electrons. The second-order valence-corrected chi connectivity index (χ2v) is 5.56. The van der Waals surface area contributed by atoms with Crippen molar-refractivity contribution in [1.29, 1.82) is 0 Å². The predicted octanol–water partition coefficient (Wildman–Crippen LogP) is 1.74. The Balaban J connectivity index is 3.17. The highest BCUT2D eigenvalue weighted by atomic mass is 35.5. The molecular formula is C8H8ClNO4S. The summed E-state index contributed by atoms with van der Waals surface area (Å²) in [7, 11) is -3.91. The van der Waals surface area contributed by atoms with E-state index in [2.05, 4.69) is 0 Å². The molecular weight excluding hydrogens is 242 g/mol. The van der Waals surface area contributed by atoms with E-state index in [0.29, 0.717) is 5.02 Å². The second kappa shape index (κ2) is 4.16. The third-order valence-electron chi connectivity index (χ3n) is 1.89. The van der Waals surface area contributed by atoms with Gasteiger partial charge in [0.15, 0.2) is 0 Å². The molecule has 0 bridgehead atoms. The first kappa shape index (κ1) is 11.9. The molecule has 0 saturated heterocycles. The third kappa shape index (κ3) is 2.45. The number of nitro groups is 1. The Morgan fingerprint density at radius 2 is 1.80 bits per heavy atom. The van der Waals surface area contributed by atoms with E-state index >= 15 is 0 Å². The lowest BCUT2D eigenvalue weighted by Gasteiger charge is -2.05. The van der Waals surface area contributed by atoms with Crippen LogP contribution in [0.4, 0.5) is 0 Å². The van der Waals surface area contributed by atoms with Crippen molar-refractivity contribution in [3.05, 3.63) is 39.4 Å². The van der Waals surface area contributed by atoms with Gasteiger partial charge in [0.05, 0.1) is 4.90 Å².